The molecule has 196 valence electrons. The first-order valence-corrected chi connectivity index (χ1v) is 13.6. The number of nitrogens with one attached hydrogen (secondary N) is 1. The van der Waals surface area contributed by atoms with Gasteiger partial charge < -0.3 is 10.2 Å². The van der Waals surface area contributed by atoms with Gasteiger partial charge in [-0.2, -0.15) is 0 Å². The molecule has 0 aliphatic rings. The first-order chi connectivity index (χ1) is 17.7. The van der Waals surface area contributed by atoms with Crippen LogP contribution < -0.4 is 9.62 Å². The molecule has 3 aromatic rings. The van der Waals surface area contributed by atoms with Crippen molar-refractivity contribution >= 4 is 27.5 Å². The van der Waals surface area contributed by atoms with Crippen molar-refractivity contribution in [3.63, 3.8) is 0 Å². The van der Waals surface area contributed by atoms with Gasteiger partial charge in [0, 0.05) is 13.1 Å². The van der Waals surface area contributed by atoms with Crippen LogP contribution in [-0.2, 0) is 26.2 Å². The van der Waals surface area contributed by atoms with Gasteiger partial charge in [0.25, 0.3) is 10.0 Å². The maximum atomic E-state index is 13.8. The Morgan fingerprint density at radius 1 is 0.919 bits per heavy atom. The third-order valence-electron chi connectivity index (χ3n) is 5.94. The first-order valence-electron chi connectivity index (χ1n) is 12.1. The minimum Gasteiger partial charge on any atom is -0.355 e. The molecule has 0 spiro atoms. The van der Waals surface area contributed by atoms with Crippen molar-refractivity contribution in [2.45, 2.75) is 44.7 Å². The topological polar surface area (TPSA) is 86.8 Å². The molecule has 0 saturated heterocycles. The van der Waals surface area contributed by atoms with Crippen molar-refractivity contribution in [3.05, 3.63) is 95.8 Å². The number of carbonyl (C=O) groups is 2. The van der Waals surface area contributed by atoms with E-state index in [2.05, 4.69) is 5.32 Å². The van der Waals surface area contributed by atoms with Gasteiger partial charge in [0.1, 0.15) is 18.4 Å². The monoisotopic (exact) mass is 525 g/mol. The standard InChI is InChI=1S/C28H32FN3O4S/c1-4-26(28(34)30-5-2)31(19-22-13-15-23(29)16-14-22)27(33)20-32(24-9-7-6-8-10-24)37(35,36)25-17-11-21(3)12-18-25/h6-18,26H,4-5,19-20H2,1-3H3,(H,30,34)/t26-/m0/s1. The molecule has 0 unspecified atom stereocenters. The number of anilines is 1. The number of carbonyl (C=O) groups excluding carboxylic acids is 2. The maximum absolute atomic E-state index is 13.8. The fraction of sp³-hybridized carbons (Fsp3) is 0.286. The quantitative estimate of drug-likeness (QED) is 0.405. The molecule has 37 heavy (non-hydrogen) atoms. The molecule has 0 saturated carbocycles. The second-order valence-electron chi connectivity index (χ2n) is 8.63. The molecular formula is C28H32FN3O4S. The van der Waals surface area contributed by atoms with Crippen LogP contribution in [0.5, 0.6) is 0 Å². The molecule has 0 aliphatic heterocycles. The zero-order chi connectivity index (χ0) is 27.0. The van der Waals surface area contributed by atoms with Crippen LogP contribution in [0, 0.1) is 12.7 Å². The SMILES string of the molecule is CCNC(=O)[C@H](CC)N(Cc1ccc(F)cc1)C(=O)CN(c1ccccc1)S(=O)(=O)c1ccc(C)cc1. The number of para-hydroxylation sites is 1. The van der Waals surface area contributed by atoms with Gasteiger partial charge in [-0.25, -0.2) is 12.8 Å². The maximum Gasteiger partial charge on any atom is 0.264 e. The summed E-state index contributed by atoms with van der Waals surface area (Å²) in [5.41, 5.74) is 1.84. The fourth-order valence-electron chi connectivity index (χ4n) is 3.96. The van der Waals surface area contributed by atoms with E-state index in [1.165, 1.54) is 41.3 Å². The zero-order valence-corrected chi connectivity index (χ0v) is 22.0. The molecule has 0 bridgehead atoms. The van der Waals surface area contributed by atoms with Gasteiger partial charge in [-0.3, -0.25) is 13.9 Å². The normalized spacial score (nSPS) is 12.0. The average molecular weight is 526 g/mol. The van der Waals surface area contributed by atoms with Gasteiger partial charge in [0.15, 0.2) is 0 Å². The molecule has 2 amide bonds. The fourth-order valence-corrected chi connectivity index (χ4v) is 5.37. The summed E-state index contributed by atoms with van der Waals surface area (Å²) in [5, 5.41) is 2.75. The summed E-state index contributed by atoms with van der Waals surface area (Å²) in [6.07, 6.45) is 0.314. The van der Waals surface area contributed by atoms with Crippen LogP contribution in [0.4, 0.5) is 10.1 Å². The van der Waals surface area contributed by atoms with E-state index >= 15 is 0 Å². The van der Waals surface area contributed by atoms with Crippen molar-refractivity contribution in [3.8, 4) is 0 Å². The van der Waals surface area contributed by atoms with E-state index in [4.69, 9.17) is 0 Å². The number of likely N-dealkylation sites (N-methyl/N-ethyl adjacent to an activating group) is 1. The van der Waals surface area contributed by atoms with Crippen molar-refractivity contribution < 1.29 is 22.4 Å². The Morgan fingerprint density at radius 2 is 1.54 bits per heavy atom. The average Bonchev–Trinajstić information content (AvgIpc) is 2.89. The van der Waals surface area contributed by atoms with E-state index < -0.39 is 34.3 Å². The molecule has 0 aromatic heterocycles. The number of hydrogen-bond acceptors (Lipinski definition) is 4. The Bertz CT molecular complexity index is 1300. The van der Waals surface area contributed by atoms with E-state index in [0.717, 1.165) is 9.87 Å². The Kier molecular flexibility index (Phi) is 9.41. The summed E-state index contributed by atoms with van der Waals surface area (Å²) in [5.74, 6) is -1.31. The molecule has 3 aromatic carbocycles. The molecule has 3 rings (SSSR count). The molecule has 0 fully saturated rings. The minimum atomic E-state index is -4.11. The smallest absolute Gasteiger partial charge is 0.264 e. The van der Waals surface area contributed by atoms with E-state index in [1.807, 2.05) is 6.92 Å². The lowest BCUT2D eigenvalue weighted by Crippen LogP contribution is -2.52. The highest BCUT2D eigenvalue weighted by atomic mass is 32.2. The van der Waals surface area contributed by atoms with Crippen LogP contribution in [0.3, 0.4) is 0 Å². The summed E-state index contributed by atoms with van der Waals surface area (Å²) in [6, 6.07) is 19.6. The van der Waals surface area contributed by atoms with Crippen LogP contribution in [0.25, 0.3) is 0 Å². The second-order valence-corrected chi connectivity index (χ2v) is 10.5. The van der Waals surface area contributed by atoms with Crippen LogP contribution in [0.15, 0.2) is 83.8 Å². The largest absolute Gasteiger partial charge is 0.355 e. The number of aryl methyl sites for hydroxylation is 1. The molecular weight excluding hydrogens is 493 g/mol. The second kappa shape index (κ2) is 12.5. The predicted octanol–water partition coefficient (Wildman–Crippen LogP) is 4.27. The number of amides is 2. The number of hydrogen-bond donors (Lipinski definition) is 1. The van der Waals surface area contributed by atoms with Gasteiger partial charge in [-0.1, -0.05) is 55.0 Å². The van der Waals surface area contributed by atoms with Crippen molar-refractivity contribution in [1.82, 2.24) is 10.2 Å². The third-order valence-corrected chi connectivity index (χ3v) is 7.72. The Balaban J connectivity index is 2.02. The molecule has 1 N–H and O–H groups in total. The summed E-state index contributed by atoms with van der Waals surface area (Å²) < 4.78 is 42.0. The summed E-state index contributed by atoms with van der Waals surface area (Å²) in [7, 11) is -4.11. The highest BCUT2D eigenvalue weighted by Gasteiger charge is 2.33. The van der Waals surface area contributed by atoms with Crippen molar-refractivity contribution in [1.29, 1.82) is 0 Å². The number of nitrogens with zero attached hydrogens (tertiary/aromatic N) is 2. The number of halogens is 1. The van der Waals surface area contributed by atoms with E-state index in [0.29, 0.717) is 24.2 Å². The molecule has 7 nitrogen and oxygen atoms in total. The highest BCUT2D eigenvalue weighted by Crippen LogP contribution is 2.25. The van der Waals surface area contributed by atoms with Crippen LogP contribution in [0.2, 0.25) is 0 Å². The van der Waals surface area contributed by atoms with Gasteiger partial charge >= 0.3 is 0 Å². The number of sulfonamides is 1. The summed E-state index contributed by atoms with van der Waals surface area (Å²) >= 11 is 0. The van der Waals surface area contributed by atoms with Gasteiger partial charge in [0.05, 0.1) is 10.6 Å². The first kappa shape index (κ1) is 27.9. The lowest BCUT2D eigenvalue weighted by molar-refractivity contribution is -0.140. The summed E-state index contributed by atoms with van der Waals surface area (Å²) in [4.78, 5) is 28.1. The molecule has 9 heteroatoms. The van der Waals surface area contributed by atoms with Crippen molar-refractivity contribution in [2.24, 2.45) is 0 Å². The van der Waals surface area contributed by atoms with Crippen molar-refractivity contribution in [2.75, 3.05) is 17.4 Å². The number of rotatable bonds is 11. The molecule has 1 atom stereocenters. The lowest BCUT2D eigenvalue weighted by Gasteiger charge is -2.33. The Labute approximate surface area is 218 Å². The van der Waals surface area contributed by atoms with Gasteiger partial charge in [0.2, 0.25) is 11.8 Å². The zero-order valence-electron chi connectivity index (χ0n) is 21.2. The minimum absolute atomic E-state index is 0.0158. The molecule has 0 aliphatic carbocycles. The number of benzene rings is 3. The molecule has 0 radical (unpaired) electrons. The van der Waals surface area contributed by atoms with Crippen LogP contribution in [-0.4, -0.2) is 44.3 Å². The van der Waals surface area contributed by atoms with Gasteiger partial charge in [-0.15, -0.1) is 0 Å². The van der Waals surface area contributed by atoms with E-state index in [9.17, 15) is 22.4 Å². The van der Waals surface area contributed by atoms with Crippen LogP contribution in [0.1, 0.15) is 31.4 Å². The van der Waals surface area contributed by atoms with Crippen LogP contribution >= 0.6 is 0 Å². The highest BCUT2D eigenvalue weighted by molar-refractivity contribution is 7.92. The van der Waals surface area contributed by atoms with Gasteiger partial charge in [-0.05, 0) is 62.2 Å². The predicted molar refractivity (Wildman–Crippen MR) is 142 cm³/mol. The Hall–Kier alpha value is -3.72. The molecule has 0 heterocycles. The Morgan fingerprint density at radius 3 is 2.11 bits per heavy atom. The third kappa shape index (κ3) is 6.95. The van der Waals surface area contributed by atoms with E-state index in [-0.39, 0.29) is 17.3 Å². The summed E-state index contributed by atoms with van der Waals surface area (Å²) in [6.45, 7) is 5.30. The lowest BCUT2D eigenvalue weighted by atomic mass is 10.1. The van der Waals surface area contributed by atoms with E-state index in [1.54, 1.807) is 56.3 Å².